The van der Waals surface area contributed by atoms with E-state index in [1.54, 1.807) is 5.57 Å². The van der Waals surface area contributed by atoms with Crippen LogP contribution in [0.15, 0.2) is 23.3 Å². The molecule has 1 heterocycles. The van der Waals surface area contributed by atoms with Crippen molar-refractivity contribution in [1.29, 1.82) is 0 Å². The van der Waals surface area contributed by atoms with Crippen LogP contribution in [0.25, 0.3) is 0 Å². The van der Waals surface area contributed by atoms with Crippen molar-refractivity contribution in [1.82, 2.24) is 4.90 Å². The van der Waals surface area contributed by atoms with Crippen molar-refractivity contribution in [2.75, 3.05) is 19.6 Å². The van der Waals surface area contributed by atoms with Gasteiger partial charge in [-0.1, -0.05) is 51.0 Å². The molecule has 0 aromatic heterocycles. The summed E-state index contributed by atoms with van der Waals surface area (Å²) in [5, 5.41) is 30.6. The summed E-state index contributed by atoms with van der Waals surface area (Å²) in [6.45, 7) is 12.1. The monoisotopic (exact) mass is 445 g/mol. The number of likely N-dealkylation sites (tertiary alicyclic amines) is 1. The average molecular weight is 446 g/mol. The summed E-state index contributed by atoms with van der Waals surface area (Å²) >= 11 is 0. The molecule has 0 radical (unpaired) electrons. The van der Waals surface area contributed by atoms with Gasteiger partial charge in [0.1, 0.15) is 0 Å². The molecule has 4 nitrogen and oxygen atoms in total. The number of rotatable bonds is 6. The second-order valence-electron chi connectivity index (χ2n) is 12.3. The summed E-state index contributed by atoms with van der Waals surface area (Å²) in [5.74, 6) is 2.54. The lowest BCUT2D eigenvalue weighted by molar-refractivity contribution is -0.129. The van der Waals surface area contributed by atoms with Crippen LogP contribution in [-0.2, 0) is 0 Å². The van der Waals surface area contributed by atoms with E-state index in [-0.39, 0.29) is 12.2 Å². The number of aliphatic hydroxyl groups is 3. The van der Waals surface area contributed by atoms with Crippen LogP contribution >= 0.6 is 0 Å². The zero-order valence-electron chi connectivity index (χ0n) is 20.9. The van der Waals surface area contributed by atoms with Gasteiger partial charge in [-0.3, -0.25) is 4.90 Å². The van der Waals surface area contributed by atoms with Crippen molar-refractivity contribution in [2.24, 2.45) is 29.1 Å². The molecule has 3 N–H and O–H groups in total. The Bertz CT molecular complexity index is 710. The predicted octanol–water partition coefficient (Wildman–Crippen LogP) is 4.69. The van der Waals surface area contributed by atoms with Crippen molar-refractivity contribution in [3.63, 3.8) is 0 Å². The Morgan fingerprint density at radius 3 is 2.41 bits per heavy atom. The van der Waals surface area contributed by atoms with Gasteiger partial charge in [0.05, 0.1) is 17.8 Å². The van der Waals surface area contributed by atoms with Crippen LogP contribution in [0, 0.1) is 29.1 Å². The van der Waals surface area contributed by atoms with Crippen LogP contribution in [0.3, 0.4) is 0 Å². The third kappa shape index (κ3) is 4.89. The molecule has 0 spiro atoms. The summed E-state index contributed by atoms with van der Waals surface area (Å²) in [7, 11) is 0. The Kier molecular flexibility index (Phi) is 7.27. The number of nitrogens with zero attached hydrogens (tertiary/aromatic N) is 1. The maximum atomic E-state index is 10.6. The van der Waals surface area contributed by atoms with Gasteiger partial charge in [0.2, 0.25) is 0 Å². The van der Waals surface area contributed by atoms with Gasteiger partial charge < -0.3 is 15.3 Å². The lowest BCUT2D eigenvalue weighted by atomic mass is 9.61. The number of hydrogen-bond acceptors (Lipinski definition) is 4. The van der Waals surface area contributed by atoms with Gasteiger partial charge in [0.25, 0.3) is 0 Å². The Morgan fingerprint density at radius 1 is 1.06 bits per heavy atom. The molecule has 182 valence electrons. The first kappa shape index (κ1) is 24.4. The number of aliphatic hydroxyl groups excluding tert-OH is 2. The summed E-state index contributed by atoms with van der Waals surface area (Å²) in [4.78, 5) is 2.44. The van der Waals surface area contributed by atoms with Crippen LogP contribution < -0.4 is 0 Å². The second kappa shape index (κ2) is 9.52. The van der Waals surface area contributed by atoms with E-state index in [0.717, 1.165) is 31.5 Å². The lowest BCUT2D eigenvalue weighted by Gasteiger charge is -2.50. The molecule has 32 heavy (non-hydrogen) atoms. The van der Waals surface area contributed by atoms with Crippen molar-refractivity contribution in [3.05, 3.63) is 23.3 Å². The smallest absolute Gasteiger partial charge is 0.0922 e. The van der Waals surface area contributed by atoms with Crippen molar-refractivity contribution in [2.45, 2.75) is 103 Å². The number of β-amino-alcohol motifs (C(OH)–C–C–N with tert-alkyl or cyclic N) is 1. The van der Waals surface area contributed by atoms with Crippen molar-refractivity contribution in [3.8, 4) is 0 Å². The van der Waals surface area contributed by atoms with Gasteiger partial charge in [-0.15, -0.1) is 0 Å². The van der Waals surface area contributed by atoms with E-state index in [4.69, 9.17) is 0 Å². The maximum Gasteiger partial charge on any atom is 0.0922 e. The van der Waals surface area contributed by atoms with E-state index >= 15 is 0 Å². The van der Waals surface area contributed by atoms with Crippen LogP contribution in [0.4, 0.5) is 0 Å². The average Bonchev–Trinajstić information content (AvgIpc) is 3.05. The first-order valence-corrected chi connectivity index (χ1v) is 13.3. The van der Waals surface area contributed by atoms with E-state index in [9.17, 15) is 15.3 Å². The predicted molar refractivity (Wildman–Crippen MR) is 130 cm³/mol. The minimum atomic E-state index is -0.463. The van der Waals surface area contributed by atoms with Gasteiger partial charge in [-0.05, 0) is 93.4 Å². The van der Waals surface area contributed by atoms with Crippen molar-refractivity contribution >= 4 is 0 Å². The van der Waals surface area contributed by atoms with E-state index in [2.05, 4.69) is 44.7 Å². The minimum Gasteiger partial charge on any atom is -0.393 e. The molecule has 1 saturated heterocycles. The molecule has 1 unspecified atom stereocenters. The molecule has 1 aliphatic heterocycles. The fourth-order valence-corrected chi connectivity index (χ4v) is 7.58. The van der Waals surface area contributed by atoms with Gasteiger partial charge in [0.15, 0.2) is 0 Å². The quantitative estimate of drug-likeness (QED) is 0.555. The van der Waals surface area contributed by atoms with Gasteiger partial charge >= 0.3 is 0 Å². The fourth-order valence-electron chi connectivity index (χ4n) is 7.58. The molecule has 4 heteroatoms. The van der Waals surface area contributed by atoms with Gasteiger partial charge in [-0.2, -0.15) is 0 Å². The largest absolute Gasteiger partial charge is 0.393 e. The molecular formula is C28H47NO3. The number of fused-ring (bicyclic) bond motifs is 1. The highest BCUT2D eigenvalue weighted by Crippen LogP contribution is 2.59. The summed E-state index contributed by atoms with van der Waals surface area (Å²) in [6, 6.07) is 0. The standard InChI is InChI=1S/C28H47NO3/c1-19(2)28(32)17-29(18-28)13-11-20(3)25-9-10-26-22(6-5-12-27(25,26)4)8-7-21-14-23(30)16-24(31)15-21/h7-8,19-20,23-26,30-32H,5-6,9-18H2,1-4H3/b22-8+/t20?,23-,24-,25-,26+,27-/m1/s1. The van der Waals surface area contributed by atoms with E-state index in [0.29, 0.717) is 36.5 Å². The van der Waals surface area contributed by atoms with Gasteiger partial charge in [-0.25, -0.2) is 0 Å². The molecule has 4 rings (SSSR count). The summed E-state index contributed by atoms with van der Waals surface area (Å²) in [6.07, 6.45) is 13.5. The fraction of sp³-hybridized carbons (Fsp3) is 0.857. The third-order valence-corrected chi connectivity index (χ3v) is 9.77. The Balaban J connectivity index is 1.36. The molecular weight excluding hydrogens is 398 g/mol. The summed E-state index contributed by atoms with van der Waals surface area (Å²) < 4.78 is 0. The Labute approximate surface area is 195 Å². The number of hydrogen-bond donors (Lipinski definition) is 3. The van der Waals surface area contributed by atoms with E-state index in [1.807, 2.05) is 0 Å². The highest BCUT2D eigenvalue weighted by Gasteiger charge is 2.51. The van der Waals surface area contributed by atoms with Crippen LogP contribution in [0.1, 0.15) is 85.5 Å². The second-order valence-corrected chi connectivity index (χ2v) is 12.3. The van der Waals surface area contributed by atoms with Gasteiger partial charge in [0, 0.05) is 13.1 Å². The molecule has 0 aromatic carbocycles. The SMILES string of the molecule is CC(CCN1CC(O)(C(C)C)C1)[C@H]1CC[C@H]2/C(=C/C=C3C[C@@H](O)C[C@H](O)C3)CCC[C@]12C. The maximum absolute atomic E-state index is 10.6. The van der Waals surface area contributed by atoms with Crippen LogP contribution in [0.2, 0.25) is 0 Å². The molecule has 3 saturated carbocycles. The molecule has 4 fully saturated rings. The molecule has 0 bridgehead atoms. The highest BCUT2D eigenvalue weighted by atomic mass is 16.3. The molecule has 4 aliphatic rings. The molecule has 6 atom stereocenters. The minimum absolute atomic E-state index is 0.341. The molecule has 3 aliphatic carbocycles. The zero-order valence-corrected chi connectivity index (χ0v) is 20.9. The first-order valence-electron chi connectivity index (χ1n) is 13.3. The molecule has 0 amide bonds. The first-order chi connectivity index (χ1) is 15.1. The third-order valence-electron chi connectivity index (χ3n) is 9.77. The van der Waals surface area contributed by atoms with Crippen LogP contribution in [-0.4, -0.2) is 57.7 Å². The summed E-state index contributed by atoms with van der Waals surface area (Å²) in [5.41, 5.74) is 2.76. The Morgan fingerprint density at radius 2 is 1.75 bits per heavy atom. The zero-order chi connectivity index (χ0) is 23.1. The lowest BCUT2D eigenvalue weighted by Crippen LogP contribution is -2.64. The van der Waals surface area contributed by atoms with E-state index in [1.165, 1.54) is 44.1 Å². The van der Waals surface area contributed by atoms with E-state index < -0.39 is 5.60 Å². The highest BCUT2D eigenvalue weighted by molar-refractivity contribution is 5.26. The number of allylic oxidation sites excluding steroid dienone is 3. The van der Waals surface area contributed by atoms with Crippen molar-refractivity contribution < 1.29 is 15.3 Å². The van der Waals surface area contributed by atoms with Crippen LogP contribution in [0.5, 0.6) is 0 Å². The Hall–Kier alpha value is -0.680. The molecule has 0 aromatic rings. The normalized spacial score (nSPS) is 39.8. The topological polar surface area (TPSA) is 63.9 Å².